The fourth-order valence-corrected chi connectivity index (χ4v) is 2.15. The van der Waals surface area contributed by atoms with Crippen molar-refractivity contribution in [1.29, 1.82) is 5.26 Å². The summed E-state index contributed by atoms with van der Waals surface area (Å²) in [7, 11) is 0. The Hall–Kier alpha value is -2.07. The molecule has 0 amide bonds. The summed E-state index contributed by atoms with van der Waals surface area (Å²) in [6.45, 7) is 0.823. The van der Waals surface area contributed by atoms with Crippen LogP contribution in [0.1, 0.15) is 23.8 Å². The zero-order valence-corrected chi connectivity index (χ0v) is 12.6. The van der Waals surface area contributed by atoms with Crippen molar-refractivity contribution in [3.8, 4) is 11.8 Å². The number of nitrogens with zero attached hydrogens (tertiary/aromatic N) is 2. The summed E-state index contributed by atoms with van der Waals surface area (Å²) in [5.41, 5.74) is 0.434. The molecule has 7 heteroatoms. The number of hydrogen-bond donors (Lipinski definition) is 2. The minimum Gasteiger partial charge on any atom is -0.492 e. The smallest absolute Gasteiger partial charge is 0.153 e. The van der Waals surface area contributed by atoms with E-state index in [0.29, 0.717) is 41.7 Å². The number of aromatic nitrogens is 1. The second-order valence-electron chi connectivity index (χ2n) is 4.53. The molecule has 1 unspecified atom stereocenters. The summed E-state index contributed by atoms with van der Waals surface area (Å²) < 4.78 is 10.8. The molecule has 1 heterocycles. The van der Waals surface area contributed by atoms with Crippen molar-refractivity contribution in [2.75, 3.05) is 19.8 Å². The van der Waals surface area contributed by atoms with Crippen LogP contribution in [0.15, 0.2) is 35.0 Å². The number of rotatable bonds is 8. The molecular formula is C15H16ClN3O3. The lowest BCUT2D eigenvalue weighted by molar-refractivity contribution is 0.241. The molecule has 2 aromatic rings. The van der Waals surface area contributed by atoms with E-state index in [1.165, 1.54) is 0 Å². The number of aliphatic hydroxyl groups excluding tert-OH is 1. The highest BCUT2D eigenvalue weighted by Crippen LogP contribution is 2.24. The normalized spacial score (nSPS) is 11.9. The number of aliphatic hydroxyl groups is 1. The monoisotopic (exact) mass is 321 g/mol. The lowest BCUT2D eigenvalue weighted by Gasteiger charge is -2.16. The van der Waals surface area contributed by atoms with E-state index in [9.17, 15) is 0 Å². The van der Waals surface area contributed by atoms with Gasteiger partial charge in [-0.25, -0.2) is 0 Å². The van der Waals surface area contributed by atoms with Crippen LogP contribution >= 0.6 is 11.6 Å². The van der Waals surface area contributed by atoms with Crippen LogP contribution in [0.4, 0.5) is 0 Å². The molecule has 0 radical (unpaired) electrons. The molecule has 116 valence electrons. The minimum atomic E-state index is -0.126. The number of nitrogens with one attached hydrogen (secondary N) is 1. The molecule has 22 heavy (non-hydrogen) atoms. The molecule has 1 aromatic heterocycles. The predicted molar refractivity (Wildman–Crippen MR) is 80.6 cm³/mol. The van der Waals surface area contributed by atoms with E-state index in [0.717, 1.165) is 0 Å². The van der Waals surface area contributed by atoms with Gasteiger partial charge in [0.05, 0.1) is 31.0 Å². The number of halogens is 1. The lowest BCUT2D eigenvalue weighted by atomic mass is 10.1. The van der Waals surface area contributed by atoms with E-state index in [1.54, 1.807) is 30.5 Å². The van der Waals surface area contributed by atoms with E-state index in [1.807, 2.05) is 0 Å². The molecule has 6 nitrogen and oxygen atoms in total. The van der Waals surface area contributed by atoms with Gasteiger partial charge in [0.25, 0.3) is 0 Å². The Bertz CT molecular complexity index is 625. The van der Waals surface area contributed by atoms with Gasteiger partial charge < -0.3 is 19.7 Å². The molecule has 0 saturated heterocycles. The van der Waals surface area contributed by atoms with Gasteiger partial charge in [-0.3, -0.25) is 0 Å². The van der Waals surface area contributed by atoms with Gasteiger partial charge in [0, 0.05) is 30.1 Å². The van der Waals surface area contributed by atoms with Crippen LogP contribution in [0, 0.1) is 11.3 Å². The van der Waals surface area contributed by atoms with Gasteiger partial charge in [-0.05, 0) is 12.1 Å². The Kier molecular flexibility index (Phi) is 6.22. The van der Waals surface area contributed by atoms with Crippen LogP contribution in [0.25, 0.3) is 0 Å². The Morgan fingerprint density at radius 2 is 2.32 bits per heavy atom. The molecule has 2 N–H and O–H groups in total. The third-order valence-electron chi connectivity index (χ3n) is 3.03. The van der Waals surface area contributed by atoms with Crippen molar-refractivity contribution in [1.82, 2.24) is 10.5 Å². The highest BCUT2D eigenvalue weighted by atomic mass is 35.5. The summed E-state index contributed by atoms with van der Waals surface area (Å²) in [5, 5.41) is 25.3. The van der Waals surface area contributed by atoms with Crippen molar-refractivity contribution in [2.24, 2.45) is 0 Å². The third-order valence-corrected chi connectivity index (χ3v) is 3.27. The van der Waals surface area contributed by atoms with Crippen LogP contribution in [-0.2, 0) is 0 Å². The molecule has 0 aliphatic rings. The standard InChI is InChI=1S/C15H16ClN3O3/c16-12-2-1-11(10-17)15(9-12)21-8-4-13(18-6-7-20)14-3-5-19-22-14/h1-3,5,9,13,18,20H,4,6-8H2. The topological polar surface area (TPSA) is 91.3 Å². The van der Waals surface area contributed by atoms with Crippen LogP contribution in [0.2, 0.25) is 5.02 Å². The fourth-order valence-electron chi connectivity index (χ4n) is 1.98. The van der Waals surface area contributed by atoms with E-state index in [-0.39, 0.29) is 12.6 Å². The molecule has 0 aliphatic heterocycles. The van der Waals surface area contributed by atoms with Crippen LogP contribution in [-0.4, -0.2) is 30.0 Å². The molecule has 1 aromatic carbocycles. The molecule has 0 saturated carbocycles. The van der Waals surface area contributed by atoms with Crippen molar-refractivity contribution in [3.05, 3.63) is 46.8 Å². The Labute approximate surface area is 133 Å². The second-order valence-corrected chi connectivity index (χ2v) is 4.97. The third kappa shape index (κ3) is 4.46. The van der Waals surface area contributed by atoms with Gasteiger partial charge in [0.1, 0.15) is 11.8 Å². The van der Waals surface area contributed by atoms with E-state index in [4.69, 9.17) is 31.2 Å². The first kappa shape index (κ1) is 16.3. The van der Waals surface area contributed by atoms with Crippen LogP contribution in [0.3, 0.4) is 0 Å². The largest absolute Gasteiger partial charge is 0.492 e. The number of ether oxygens (including phenoxy) is 1. The first-order valence-corrected chi connectivity index (χ1v) is 7.19. The average molecular weight is 322 g/mol. The Morgan fingerprint density at radius 3 is 3.00 bits per heavy atom. The molecule has 1 atom stereocenters. The van der Waals surface area contributed by atoms with Crippen molar-refractivity contribution in [3.63, 3.8) is 0 Å². The van der Waals surface area contributed by atoms with Gasteiger partial charge in [-0.2, -0.15) is 5.26 Å². The molecule has 2 rings (SSSR count). The van der Waals surface area contributed by atoms with Crippen LogP contribution < -0.4 is 10.1 Å². The van der Waals surface area contributed by atoms with Crippen molar-refractivity contribution < 1.29 is 14.4 Å². The van der Waals surface area contributed by atoms with Gasteiger partial charge in [0.2, 0.25) is 0 Å². The Balaban J connectivity index is 1.96. The van der Waals surface area contributed by atoms with E-state index < -0.39 is 0 Å². The van der Waals surface area contributed by atoms with Gasteiger partial charge >= 0.3 is 0 Å². The predicted octanol–water partition coefficient (Wildman–Crippen LogP) is 2.29. The maximum absolute atomic E-state index is 9.05. The van der Waals surface area contributed by atoms with Crippen molar-refractivity contribution in [2.45, 2.75) is 12.5 Å². The van der Waals surface area contributed by atoms with E-state index in [2.05, 4.69) is 16.5 Å². The molecule has 0 aliphatic carbocycles. The molecule has 0 fully saturated rings. The number of nitriles is 1. The summed E-state index contributed by atoms with van der Waals surface area (Å²) in [5.74, 6) is 1.12. The zero-order chi connectivity index (χ0) is 15.8. The summed E-state index contributed by atoms with van der Waals surface area (Å²) in [4.78, 5) is 0. The highest BCUT2D eigenvalue weighted by Gasteiger charge is 2.15. The zero-order valence-electron chi connectivity index (χ0n) is 11.8. The first-order valence-electron chi connectivity index (χ1n) is 6.82. The average Bonchev–Trinajstić information content (AvgIpc) is 3.05. The quantitative estimate of drug-likeness (QED) is 0.775. The van der Waals surface area contributed by atoms with E-state index >= 15 is 0 Å². The maximum Gasteiger partial charge on any atom is 0.153 e. The fraction of sp³-hybridized carbons (Fsp3) is 0.333. The summed E-state index contributed by atoms with van der Waals surface area (Å²) in [6.07, 6.45) is 2.15. The molecule has 0 spiro atoms. The maximum atomic E-state index is 9.05. The summed E-state index contributed by atoms with van der Waals surface area (Å²) >= 11 is 5.91. The first-order chi connectivity index (χ1) is 10.7. The van der Waals surface area contributed by atoms with Gasteiger partial charge in [0.15, 0.2) is 5.76 Å². The summed E-state index contributed by atoms with van der Waals surface area (Å²) in [6, 6.07) is 8.58. The van der Waals surface area contributed by atoms with Gasteiger partial charge in [-0.1, -0.05) is 16.8 Å². The van der Waals surface area contributed by atoms with Crippen molar-refractivity contribution >= 4 is 11.6 Å². The molecular weight excluding hydrogens is 306 g/mol. The van der Waals surface area contributed by atoms with Gasteiger partial charge in [-0.15, -0.1) is 0 Å². The highest BCUT2D eigenvalue weighted by molar-refractivity contribution is 6.30. The number of benzene rings is 1. The minimum absolute atomic E-state index is 0.0262. The molecule has 0 bridgehead atoms. The number of hydrogen-bond acceptors (Lipinski definition) is 6. The SMILES string of the molecule is N#Cc1ccc(Cl)cc1OCCC(NCCO)c1ccno1. The lowest BCUT2D eigenvalue weighted by Crippen LogP contribution is -2.25. The van der Waals surface area contributed by atoms with Crippen LogP contribution in [0.5, 0.6) is 5.75 Å². The Morgan fingerprint density at radius 1 is 1.45 bits per heavy atom. The second kappa shape index (κ2) is 8.39.